The highest BCUT2D eigenvalue weighted by atomic mass is 79.9. The monoisotopic (exact) mass is 284 g/mol. The summed E-state index contributed by atoms with van der Waals surface area (Å²) in [6, 6.07) is 5.18. The normalized spacial score (nSPS) is 9.94. The smallest absolute Gasteiger partial charge is 0.221 e. The fraction of sp³-hybridized carbons (Fsp3) is 0.273. The molecule has 0 aliphatic heterocycles. The van der Waals surface area contributed by atoms with Gasteiger partial charge in [0.1, 0.15) is 0 Å². The number of ketones is 1. The van der Waals surface area contributed by atoms with Crippen molar-refractivity contribution in [1.29, 1.82) is 0 Å². The number of carbonyl (C=O) groups is 2. The molecule has 1 rings (SSSR count). The molecule has 0 spiro atoms. The van der Waals surface area contributed by atoms with Crippen molar-refractivity contribution in [3.63, 3.8) is 0 Å². The van der Waals surface area contributed by atoms with Crippen LogP contribution in [0.4, 0.5) is 5.69 Å². The summed E-state index contributed by atoms with van der Waals surface area (Å²) < 4.78 is 0.807. The van der Waals surface area contributed by atoms with E-state index in [9.17, 15) is 9.59 Å². The largest absolute Gasteiger partial charge is 0.326 e. The molecule has 0 aromatic heterocycles. The van der Waals surface area contributed by atoms with Crippen molar-refractivity contribution < 1.29 is 9.59 Å². The van der Waals surface area contributed by atoms with Crippen LogP contribution in [0.1, 0.15) is 17.3 Å². The van der Waals surface area contributed by atoms with Gasteiger partial charge in [0.15, 0.2) is 5.78 Å². The second-order valence-corrected chi connectivity index (χ2v) is 4.24. The van der Waals surface area contributed by atoms with Crippen molar-refractivity contribution in [2.75, 3.05) is 18.9 Å². The molecule has 1 aromatic carbocycles. The first-order valence-electron chi connectivity index (χ1n) is 4.79. The van der Waals surface area contributed by atoms with Crippen molar-refractivity contribution in [3.05, 3.63) is 28.2 Å². The summed E-state index contributed by atoms with van der Waals surface area (Å²) >= 11 is 3.30. The highest BCUT2D eigenvalue weighted by Crippen LogP contribution is 2.21. The number of carbonyl (C=O) groups excluding carboxylic acids is 2. The van der Waals surface area contributed by atoms with Gasteiger partial charge in [-0.15, -0.1) is 0 Å². The summed E-state index contributed by atoms with van der Waals surface area (Å²) in [7, 11) is 1.70. The average Bonchev–Trinajstić information content (AvgIpc) is 2.20. The summed E-state index contributed by atoms with van der Waals surface area (Å²) in [5.74, 6) is -0.256. The maximum Gasteiger partial charge on any atom is 0.221 e. The SMILES string of the molecule is CNCC(=O)c1cc(Br)ccc1NC(C)=O. The number of halogens is 1. The fourth-order valence-electron chi connectivity index (χ4n) is 1.30. The van der Waals surface area contributed by atoms with E-state index in [1.165, 1.54) is 6.92 Å². The molecule has 0 aliphatic rings. The van der Waals surface area contributed by atoms with Gasteiger partial charge >= 0.3 is 0 Å². The Morgan fingerprint density at radius 1 is 1.38 bits per heavy atom. The third-order valence-electron chi connectivity index (χ3n) is 1.93. The van der Waals surface area contributed by atoms with E-state index in [0.717, 1.165) is 4.47 Å². The van der Waals surface area contributed by atoms with Crippen LogP contribution < -0.4 is 10.6 Å². The number of nitrogens with one attached hydrogen (secondary N) is 2. The van der Waals surface area contributed by atoms with Crippen molar-refractivity contribution in [3.8, 4) is 0 Å². The lowest BCUT2D eigenvalue weighted by Crippen LogP contribution is -2.20. The maximum atomic E-state index is 11.8. The molecule has 0 aliphatic carbocycles. The molecule has 4 nitrogen and oxygen atoms in total. The summed E-state index contributed by atoms with van der Waals surface area (Å²) in [6.45, 7) is 1.65. The summed E-state index contributed by atoms with van der Waals surface area (Å²) in [5.41, 5.74) is 1.04. The molecule has 16 heavy (non-hydrogen) atoms. The van der Waals surface area contributed by atoms with E-state index in [4.69, 9.17) is 0 Å². The van der Waals surface area contributed by atoms with Crippen LogP contribution in [-0.2, 0) is 4.79 Å². The topological polar surface area (TPSA) is 58.2 Å². The van der Waals surface area contributed by atoms with Crippen LogP contribution in [0.5, 0.6) is 0 Å². The molecule has 1 amide bonds. The van der Waals surface area contributed by atoms with Gasteiger partial charge in [0.25, 0.3) is 0 Å². The lowest BCUT2D eigenvalue weighted by molar-refractivity contribution is -0.114. The molecule has 1 aromatic rings. The zero-order valence-corrected chi connectivity index (χ0v) is 10.7. The van der Waals surface area contributed by atoms with Gasteiger partial charge in [0.2, 0.25) is 5.91 Å². The van der Waals surface area contributed by atoms with Gasteiger partial charge in [-0.25, -0.2) is 0 Å². The molecule has 5 heteroatoms. The van der Waals surface area contributed by atoms with Crippen molar-refractivity contribution in [1.82, 2.24) is 5.32 Å². The number of anilines is 1. The van der Waals surface area contributed by atoms with Gasteiger partial charge in [-0.3, -0.25) is 9.59 Å². The molecular formula is C11H13BrN2O2. The van der Waals surface area contributed by atoms with Gasteiger partial charge in [0.05, 0.1) is 12.2 Å². The van der Waals surface area contributed by atoms with Crippen LogP contribution in [0, 0.1) is 0 Å². The van der Waals surface area contributed by atoms with Crippen LogP contribution in [0.15, 0.2) is 22.7 Å². The van der Waals surface area contributed by atoms with Gasteiger partial charge in [-0.1, -0.05) is 15.9 Å². The second-order valence-electron chi connectivity index (χ2n) is 3.32. The molecule has 0 saturated carbocycles. The first kappa shape index (κ1) is 12.9. The summed E-state index contributed by atoms with van der Waals surface area (Å²) in [5, 5.41) is 5.42. The molecule has 2 N–H and O–H groups in total. The molecule has 0 fully saturated rings. The highest BCUT2D eigenvalue weighted by molar-refractivity contribution is 9.10. The van der Waals surface area contributed by atoms with E-state index in [1.54, 1.807) is 25.2 Å². The minimum absolute atomic E-state index is 0.0625. The van der Waals surface area contributed by atoms with E-state index >= 15 is 0 Å². The third-order valence-corrected chi connectivity index (χ3v) is 2.42. The van der Waals surface area contributed by atoms with Crippen molar-refractivity contribution in [2.45, 2.75) is 6.92 Å². The lowest BCUT2D eigenvalue weighted by Gasteiger charge is -2.09. The Morgan fingerprint density at radius 2 is 2.06 bits per heavy atom. The van der Waals surface area contributed by atoms with E-state index in [-0.39, 0.29) is 18.2 Å². The molecule has 0 bridgehead atoms. The molecular weight excluding hydrogens is 272 g/mol. The van der Waals surface area contributed by atoms with Crippen LogP contribution in [0.3, 0.4) is 0 Å². The molecule has 86 valence electrons. The van der Waals surface area contributed by atoms with Crippen molar-refractivity contribution >= 4 is 33.3 Å². The number of hydrogen-bond acceptors (Lipinski definition) is 3. The standard InChI is InChI=1S/C11H13BrN2O2/c1-7(15)14-10-4-3-8(12)5-9(10)11(16)6-13-2/h3-5,13H,6H2,1-2H3,(H,14,15). The van der Waals surface area contributed by atoms with Crippen molar-refractivity contribution in [2.24, 2.45) is 0 Å². The Hall–Kier alpha value is -1.20. The summed E-state index contributed by atoms with van der Waals surface area (Å²) in [4.78, 5) is 22.7. The first-order chi connectivity index (χ1) is 7.54. The van der Waals surface area contributed by atoms with Gasteiger partial charge < -0.3 is 10.6 Å². The van der Waals surface area contributed by atoms with E-state index in [1.807, 2.05) is 0 Å². The number of benzene rings is 1. The Kier molecular flexibility index (Phi) is 4.64. The van der Waals surface area contributed by atoms with E-state index in [2.05, 4.69) is 26.6 Å². The van der Waals surface area contributed by atoms with Crippen LogP contribution >= 0.6 is 15.9 Å². The van der Waals surface area contributed by atoms with Gasteiger partial charge in [-0.2, -0.15) is 0 Å². The number of rotatable bonds is 4. The Bertz CT molecular complexity index is 418. The molecule has 0 atom stereocenters. The Morgan fingerprint density at radius 3 is 2.62 bits per heavy atom. The van der Waals surface area contributed by atoms with Gasteiger partial charge in [-0.05, 0) is 25.2 Å². The zero-order chi connectivity index (χ0) is 12.1. The van der Waals surface area contributed by atoms with Crippen LogP contribution in [0.25, 0.3) is 0 Å². The average molecular weight is 285 g/mol. The van der Waals surface area contributed by atoms with E-state index < -0.39 is 0 Å². The van der Waals surface area contributed by atoms with E-state index in [0.29, 0.717) is 11.3 Å². The minimum atomic E-state index is -0.194. The quantitative estimate of drug-likeness (QED) is 0.829. The van der Waals surface area contributed by atoms with Crippen LogP contribution in [-0.4, -0.2) is 25.3 Å². The number of hydrogen-bond donors (Lipinski definition) is 2. The zero-order valence-electron chi connectivity index (χ0n) is 9.13. The fourth-order valence-corrected chi connectivity index (χ4v) is 1.66. The molecule has 0 heterocycles. The number of Topliss-reactive ketones (excluding diaryl/α,β-unsaturated/α-hetero) is 1. The number of amides is 1. The first-order valence-corrected chi connectivity index (χ1v) is 5.59. The lowest BCUT2D eigenvalue weighted by atomic mass is 10.1. The maximum absolute atomic E-state index is 11.8. The summed E-state index contributed by atoms with van der Waals surface area (Å²) in [6.07, 6.45) is 0. The molecule has 0 saturated heterocycles. The molecule has 0 radical (unpaired) electrons. The van der Waals surface area contributed by atoms with Gasteiger partial charge in [0, 0.05) is 17.0 Å². The second kappa shape index (κ2) is 5.77. The minimum Gasteiger partial charge on any atom is -0.326 e. The highest BCUT2D eigenvalue weighted by Gasteiger charge is 2.11. The predicted molar refractivity (Wildman–Crippen MR) is 66.7 cm³/mol. The Balaban J connectivity index is 3.07. The number of likely N-dealkylation sites (N-methyl/N-ethyl adjacent to an activating group) is 1. The molecule has 0 unspecified atom stereocenters. The third kappa shape index (κ3) is 3.43. The van der Waals surface area contributed by atoms with Crippen LogP contribution in [0.2, 0.25) is 0 Å². The predicted octanol–water partition coefficient (Wildman–Crippen LogP) is 1.81. The Labute approximate surface area is 103 Å².